The first-order valence-electron chi connectivity index (χ1n) is 9.91. The van der Waals surface area contributed by atoms with Gasteiger partial charge in [0.05, 0.1) is 11.3 Å². The van der Waals surface area contributed by atoms with Crippen LogP contribution in [0.2, 0.25) is 0 Å². The molecular formula is C21H28N2O4S. The van der Waals surface area contributed by atoms with Gasteiger partial charge in [0.1, 0.15) is 0 Å². The number of ether oxygens (including phenoxy) is 1. The van der Waals surface area contributed by atoms with Crippen LogP contribution in [0.3, 0.4) is 0 Å². The zero-order valence-electron chi connectivity index (χ0n) is 16.4. The summed E-state index contributed by atoms with van der Waals surface area (Å²) >= 11 is 1.30. The monoisotopic (exact) mass is 404 g/mol. The standard InChI is InChI=1S/C21H28N2O4S/c1-13(15-7-8-15)22-19(24)11-27-21(26)17-5-3-4-6-18(17)28-12-20(25)23-14(2)16-9-10-16/h3-6,13-16H,7-12H2,1-2H3,(H,22,24)(H,23,25)/t13-,14+/m1/s1. The molecule has 6 nitrogen and oxygen atoms in total. The summed E-state index contributed by atoms with van der Waals surface area (Å²) in [5.41, 5.74) is 0.374. The van der Waals surface area contributed by atoms with E-state index >= 15 is 0 Å². The van der Waals surface area contributed by atoms with Crippen LogP contribution in [0.15, 0.2) is 29.2 Å². The molecule has 28 heavy (non-hydrogen) atoms. The molecule has 2 saturated carbocycles. The van der Waals surface area contributed by atoms with Gasteiger partial charge < -0.3 is 15.4 Å². The van der Waals surface area contributed by atoms with Crippen molar-refractivity contribution in [2.45, 2.75) is 56.5 Å². The largest absolute Gasteiger partial charge is 0.452 e. The summed E-state index contributed by atoms with van der Waals surface area (Å²) in [6, 6.07) is 7.31. The van der Waals surface area contributed by atoms with Gasteiger partial charge in [-0.1, -0.05) is 12.1 Å². The zero-order valence-corrected chi connectivity index (χ0v) is 17.2. The molecule has 2 N–H and O–H groups in total. The third kappa shape index (κ3) is 6.26. The van der Waals surface area contributed by atoms with E-state index in [0.717, 1.165) is 12.8 Å². The first kappa shape index (κ1) is 20.7. The van der Waals surface area contributed by atoms with Crippen LogP contribution in [0.25, 0.3) is 0 Å². The maximum Gasteiger partial charge on any atom is 0.339 e. The minimum absolute atomic E-state index is 0.0407. The highest BCUT2D eigenvalue weighted by molar-refractivity contribution is 8.00. The second-order valence-corrected chi connectivity index (χ2v) is 8.77. The molecule has 0 spiro atoms. The summed E-state index contributed by atoms with van der Waals surface area (Å²) in [5, 5.41) is 5.87. The first-order valence-corrected chi connectivity index (χ1v) is 10.9. The Balaban J connectivity index is 1.47. The van der Waals surface area contributed by atoms with Gasteiger partial charge in [0, 0.05) is 17.0 Å². The average molecular weight is 405 g/mol. The number of esters is 1. The van der Waals surface area contributed by atoms with Crippen LogP contribution in [-0.2, 0) is 14.3 Å². The molecule has 0 aromatic heterocycles. The first-order chi connectivity index (χ1) is 13.4. The van der Waals surface area contributed by atoms with Gasteiger partial charge >= 0.3 is 5.97 Å². The Bertz CT molecular complexity index is 731. The second kappa shape index (κ2) is 9.45. The van der Waals surface area contributed by atoms with E-state index in [4.69, 9.17) is 4.74 Å². The molecule has 0 unspecified atom stereocenters. The number of hydrogen-bond donors (Lipinski definition) is 2. The van der Waals surface area contributed by atoms with Gasteiger partial charge in [-0.05, 0) is 63.5 Å². The summed E-state index contributed by atoms with van der Waals surface area (Å²) in [6.07, 6.45) is 4.63. The molecule has 1 aromatic carbocycles. The second-order valence-electron chi connectivity index (χ2n) is 7.75. The summed E-state index contributed by atoms with van der Waals surface area (Å²) in [4.78, 5) is 37.1. The Hall–Kier alpha value is -2.02. The lowest BCUT2D eigenvalue weighted by Crippen LogP contribution is -2.37. The molecule has 1 aromatic rings. The number of nitrogens with one attached hydrogen (secondary N) is 2. The quantitative estimate of drug-likeness (QED) is 0.463. The van der Waals surface area contributed by atoms with Crippen LogP contribution in [0.5, 0.6) is 0 Å². The Kier molecular flexibility index (Phi) is 6.99. The lowest BCUT2D eigenvalue weighted by molar-refractivity contribution is -0.125. The van der Waals surface area contributed by atoms with Crippen LogP contribution >= 0.6 is 11.8 Å². The maximum atomic E-state index is 12.4. The van der Waals surface area contributed by atoms with Crippen molar-refractivity contribution in [3.05, 3.63) is 29.8 Å². The van der Waals surface area contributed by atoms with E-state index in [1.54, 1.807) is 18.2 Å². The van der Waals surface area contributed by atoms with E-state index in [1.807, 2.05) is 19.9 Å². The fourth-order valence-corrected chi connectivity index (χ4v) is 3.98. The number of carbonyl (C=O) groups excluding carboxylic acids is 3. The Labute approximate surface area is 170 Å². The molecule has 152 valence electrons. The molecule has 0 heterocycles. The van der Waals surface area contributed by atoms with Crippen molar-refractivity contribution in [3.63, 3.8) is 0 Å². The number of rotatable bonds is 10. The Morgan fingerprint density at radius 1 is 1.00 bits per heavy atom. The van der Waals surface area contributed by atoms with E-state index in [1.165, 1.54) is 24.6 Å². The van der Waals surface area contributed by atoms with Crippen LogP contribution in [0.4, 0.5) is 0 Å². The molecule has 3 rings (SSSR count). The highest BCUT2D eigenvalue weighted by Crippen LogP contribution is 2.33. The van der Waals surface area contributed by atoms with Crippen molar-refractivity contribution in [1.82, 2.24) is 10.6 Å². The molecule has 0 aliphatic heterocycles. The van der Waals surface area contributed by atoms with Crippen LogP contribution in [0.1, 0.15) is 49.9 Å². The molecule has 0 radical (unpaired) electrons. The summed E-state index contributed by atoms with van der Waals surface area (Å²) in [5.74, 6) is 0.507. The molecule has 2 aliphatic carbocycles. The lowest BCUT2D eigenvalue weighted by atomic mass is 10.2. The van der Waals surface area contributed by atoms with Crippen molar-refractivity contribution in [1.29, 1.82) is 0 Å². The van der Waals surface area contributed by atoms with Gasteiger partial charge in [0.15, 0.2) is 6.61 Å². The third-order valence-corrected chi connectivity index (χ3v) is 6.31. The molecule has 2 amide bonds. The van der Waals surface area contributed by atoms with E-state index in [9.17, 15) is 14.4 Å². The van der Waals surface area contributed by atoms with Crippen molar-refractivity contribution in [3.8, 4) is 0 Å². The SMILES string of the molecule is C[C@H](NC(=O)CSc1ccccc1C(=O)OCC(=O)N[C@H](C)C1CC1)C1CC1. The van der Waals surface area contributed by atoms with Crippen molar-refractivity contribution >= 4 is 29.5 Å². The summed E-state index contributed by atoms with van der Waals surface area (Å²) in [7, 11) is 0. The van der Waals surface area contributed by atoms with Crippen molar-refractivity contribution < 1.29 is 19.1 Å². The normalized spacial score (nSPS) is 18.1. The summed E-state index contributed by atoms with van der Waals surface area (Å²) < 4.78 is 5.18. The predicted octanol–water partition coefficient (Wildman–Crippen LogP) is 2.76. The maximum absolute atomic E-state index is 12.4. The van der Waals surface area contributed by atoms with Gasteiger partial charge in [-0.2, -0.15) is 0 Å². The van der Waals surface area contributed by atoms with E-state index in [-0.39, 0.29) is 36.3 Å². The number of amides is 2. The van der Waals surface area contributed by atoms with Crippen LogP contribution in [0, 0.1) is 11.8 Å². The number of carbonyl (C=O) groups is 3. The van der Waals surface area contributed by atoms with E-state index in [0.29, 0.717) is 22.3 Å². The third-order valence-electron chi connectivity index (χ3n) is 5.24. The summed E-state index contributed by atoms with van der Waals surface area (Å²) in [6.45, 7) is 3.70. The minimum Gasteiger partial charge on any atom is -0.452 e. The Morgan fingerprint density at radius 2 is 1.57 bits per heavy atom. The van der Waals surface area contributed by atoms with E-state index < -0.39 is 5.97 Å². The van der Waals surface area contributed by atoms with Gasteiger partial charge in [-0.3, -0.25) is 9.59 Å². The molecule has 2 aliphatic rings. The number of thioether (sulfide) groups is 1. The highest BCUT2D eigenvalue weighted by Gasteiger charge is 2.30. The number of benzene rings is 1. The van der Waals surface area contributed by atoms with Gasteiger partial charge in [0.2, 0.25) is 5.91 Å². The van der Waals surface area contributed by atoms with Gasteiger partial charge in [0.25, 0.3) is 5.91 Å². The fraction of sp³-hybridized carbons (Fsp3) is 0.571. The average Bonchev–Trinajstić information content (AvgIpc) is 3.57. The minimum atomic E-state index is -0.552. The van der Waals surface area contributed by atoms with Crippen molar-refractivity contribution in [2.75, 3.05) is 12.4 Å². The molecule has 0 saturated heterocycles. The smallest absolute Gasteiger partial charge is 0.339 e. The topological polar surface area (TPSA) is 84.5 Å². The van der Waals surface area contributed by atoms with Crippen molar-refractivity contribution in [2.24, 2.45) is 11.8 Å². The molecular weight excluding hydrogens is 376 g/mol. The molecule has 2 fully saturated rings. The fourth-order valence-electron chi connectivity index (χ4n) is 3.13. The predicted molar refractivity (Wildman–Crippen MR) is 108 cm³/mol. The highest BCUT2D eigenvalue weighted by atomic mass is 32.2. The van der Waals surface area contributed by atoms with Crippen LogP contribution in [-0.4, -0.2) is 42.2 Å². The van der Waals surface area contributed by atoms with Crippen LogP contribution < -0.4 is 10.6 Å². The molecule has 7 heteroatoms. The molecule has 0 bridgehead atoms. The number of hydrogen-bond acceptors (Lipinski definition) is 5. The lowest BCUT2D eigenvalue weighted by Gasteiger charge is -2.14. The zero-order chi connectivity index (χ0) is 20.1. The Morgan fingerprint density at radius 3 is 2.18 bits per heavy atom. The van der Waals surface area contributed by atoms with Gasteiger partial charge in [-0.15, -0.1) is 11.8 Å². The molecule has 2 atom stereocenters. The van der Waals surface area contributed by atoms with Gasteiger partial charge in [-0.25, -0.2) is 4.79 Å². The van der Waals surface area contributed by atoms with E-state index in [2.05, 4.69) is 10.6 Å².